The quantitative estimate of drug-likeness (QED) is 0.698. The first-order chi connectivity index (χ1) is 14.0. The second kappa shape index (κ2) is 8.34. The van der Waals surface area contributed by atoms with Crippen LogP contribution >= 0.6 is 0 Å². The zero-order chi connectivity index (χ0) is 20.3. The first-order valence-corrected chi connectivity index (χ1v) is 11.3. The van der Waals surface area contributed by atoms with E-state index in [1.807, 2.05) is 35.0 Å². The van der Waals surface area contributed by atoms with Gasteiger partial charge in [0.25, 0.3) is 5.91 Å². The molecule has 4 rings (SSSR count). The normalized spacial score (nSPS) is 15.9. The monoisotopic (exact) mass is 412 g/mol. The molecule has 0 bridgehead atoms. The number of aromatic nitrogens is 2. The molecule has 8 heteroatoms. The summed E-state index contributed by atoms with van der Waals surface area (Å²) in [6.45, 7) is 1.34. The number of hydrogen-bond acceptors (Lipinski definition) is 4. The number of carbonyl (C=O) groups excluding carboxylic acids is 1. The second-order valence-electron chi connectivity index (χ2n) is 7.23. The van der Waals surface area contributed by atoms with Gasteiger partial charge in [0.2, 0.25) is 10.0 Å². The molecular formula is C21H24N4O3S. The number of fused-ring (bicyclic) bond motifs is 1. The third-order valence-corrected chi connectivity index (χ3v) is 7.04. The van der Waals surface area contributed by atoms with E-state index in [4.69, 9.17) is 0 Å². The highest BCUT2D eigenvalue weighted by Gasteiger charge is 2.25. The Kier molecular flexibility index (Phi) is 5.64. The number of sulfonamides is 1. The fourth-order valence-corrected chi connectivity index (χ4v) is 5.14. The summed E-state index contributed by atoms with van der Waals surface area (Å²) in [5.74, 6) is -0.324. The van der Waals surface area contributed by atoms with E-state index in [1.165, 1.54) is 10.4 Å². The van der Waals surface area contributed by atoms with E-state index < -0.39 is 10.0 Å². The van der Waals surface area contributed by atoms with Crippen LogP contribution in [0.4, 0.5) is 0 Å². The maximum absolute atomic E-state index is 13.0. The standard InChI is InChI=1S/C21H24N4O3S/c26-21(22-15-18-16-24-11-6-3-10-20(24)23-18)17-8-7-9-19(14-17)29(27,28)25-12-4-1-2-5-13-25/h3,6-11,14,16H,1-2,4-5,12-13,15H2,(H,22,26). The van der Waals surface area contributed by atoms with Crippen molar-refractivity contribution >= 4 is 21.6 Å². The lowest BCUT2D eigenvalue weighted by atomic mass is 10.2. The van der Waals surface area contributed by atoms with Gasteiger partial charge in [-0.15, -0.1) is 0 Å². The van der Waals surface area contributed by atoms with Gasteiger partial charge in [0.1, 0.15) is 5.65 Å². The molecule has 1 amide bonds. The predicted octanol–water partition coefficient (Wildman–Crippen LogP) is 2.83. The first kappa shape index (κ1) is 19.6. The summed E-state index contributed by atoms with van der Waals surface area (Å²) in [6.07, 6.45) is 7.60. The lowest BCUT2D eigenvalue weighted by molar-refractivity contribution is 0.0950. The average Bonchev–Trinajstić information content (AvgIpc) is 2.94. The molecule has 152 valence electrons. The molecule has 29 heavy (non-hydrogen) atoms. The van der Waals surface area contributed by atoms with Crippen LogP contribution in [0, 0.1) is 0 Å². The smallest absolute Gasteiger partial charge is 0.251 e. The van der Waals surface area contributed by atoms with Gasteiger partial charge in [0, 0.05) is 31.0 Å². The van der Waals surface area contributed by atoms with Crippen LogP contribution in [-0.2, 0) is 16.6 Å². The summed E-state index contributed by atoms with van der Waals surface area (Å²) in [7, 11) is -3.59. The number of imidazole rings is 1. The van der Waals surface area contributed by atoms with Crippen LogP contribution in [0.15, 0.2) is 59.8 Å². The average molecular weight is 413 g/mol. The van der Waals surface area contributed by atoms with Crippen molar-refractivity contribution in [2.75, 3.05) is 13.1 Å². The van der Waals surface area contributed by atoms with E-state index in [2.05, 4.69) is 10.3 Å². The van der Waals surface area contributed by atoms with E-state index in [0.717, 1.165) is 37.0 Å². The highest BCUT2D eigenvalue weighted by atomic mass is 32.2. The molecule has 1 aromatic carbocycles. The summed E-state index contributed by atoms with van der Waals surface area (Å²) in [6, 6.07) is 12.0. The van der Waals surface area contributed by atoms with E-state index in [-0.39, 0.29) is 17.3 Å². The summed E-state index contributed by atoms with van der Waals surface area (Å²) < 4.78 is 29.4. The largest absolute Gasteiger partial charge is 0.346 e. The number of nitrogens with zero attached hydrogens (tertiary/aromatic N) is 3. The van der Waals surface area contributed by atoms with E-state index in [9.17, 15) is 13.2 Å². The SMILES string of the molecule is O=C(NCc1cn2ccccc2n1)c1cccc(S(=O)(=O)N2CCCCCC2)c1. The van der Waals surface area contributed by atoms with Gasteiger partial charge < -0.3 is 9.72 Å². The Labute approximate surface area is 170 Å². The number of nitrogens with one attached hydrogen (secondary N) is 1. The molecule has 0 saturated carbocycles. The molecule has 7 nitrogen and oxygen atoms in total. The molecule has 0 aliphatic carbocycles. The van der Waals surface area contributed by atoms with Crippen molar-refractivity contribution in [3.05, 3.63) is 66.1 Å². The van der Waals surface area contributed by atoms with Crippen molar-refractivity contribution in [2.45, 2.75) is 37.1 Å². The Morgan fingerprint density at radius 2 is 1.83 bits per heavy atom. The number of rotatable bonds is 5. The van der Waals surface area contributed by atoms with Crippen LogP contribution in [0.2, 0.25) is 0 Å². The topological polar surface area (TPSA) is 83.8 Å². The van der Waals surface area contributed by atoms with Gasteiger partial charge in [-0.25, -0.2) is 13.4 Å². The zero-order valence-corrected chi connectivity index (χ0v) is 16.9. The summed E-state index contributed by atoms with van der Waals surface area (Å²) in [5.41, 5.74) is 1.87. The minimum absolute atomic E-state index is 0.166. The molecule has 3 heterocycles. The van der Waals surface area contributed by atoms with Gasteiger partial charge in [0.05, 0.1) is 17.1 Å². The van der Waals surface area contributed by atoms with Gasteiger partial charge >= 0.3 is 0 Å². The van der Waals surface area contributed by atoms with Gasteiger partial charge in [-0.1, -0.05) is 25.0 Å². The van der Waals surface area contributed by atoms with Crippen molar-refractivity contribution in [2.24, 2.45) is 0 Å². The molecule has 1 aliphatic heterocycles. The summed E-state index contributed by atoms with van der Waals surface area (Å²) in [4.78, 5) is 17.2. The van der Waals surface area contributed by atoms with Crippen LogP contribution in [0.5, 0.6) is 0 Å². The first-order valence-electron chi connectivity index (χ1n) is 9.85. The highest BCUT2D eigenvalue weighted by Crippen LogP contribution is 2.21. The van der Waals surface area contributed by atoms with Crippen molar-refractivity contribution in [1.29, 1.82) is 0 Å². The van der Waals surface area contributed by atoms with Gasteiger partial charge in [-0.2, -0.15) is 4.31 Å². The fourth-order valence-electron chi connectivity index (χ4n) is 3.57. The van der Waals surface area contributed by atoms with Gasteiger partial charge in [-0.3, -0.25) is 4.79 Å². The van der Waals surface area contributed by atoms with Crippen molar-refractivity contribution in [3.63, 3.8) is 0 Å². The van der Waals surface area contributed by atoms with E-state index in [1.54, 1.807) is 18.2 Å². The minimum atomic E-state index is -3.59. The Balaban J connectivity index is 1.47. The van der Waals surface area contributed by atoms with Crippen molar-refractivity contribution in [1.82, 2.24) is 19.0 Å². The number of hydrogen-bond donors (Lipinski definition) is 1. The number of amides is 1. The molecular weight excluding hydrogens is 388 g/mol. The molecule has 0 spiro atoms. The molecule has 1 fully saturated rings. The molecule has 0 radical (unpaired) electrons. The lowest BCUT2D eigenvalue weighted by Gasteiger charge is -2.20. The Morgan fingerprint density at radius 1 is 1.03 bits per heavy atom. The van der Waals surface area contributed by atoms with Crippen molar-refractivity contribution in [3.8, 4) is 0 Å². The maximum Gasteiger partial charge on any atom is 0.251 e. The third-order valence-electron chi connectivity index (χ3n) is 5.14. The Hall–Kier alpha value is -2.71. The Bertz CT molecular complexity index is 1080. The fraction of sp³-hybridized carbons (Fsp3) is 0.333. The number of pyridine rings is 1. The van der Waals surface area contributed by atoms with Crippen LogP contribution in [-0.4, -0.2) is 41.1 Å². The van der Waals surface area contributed by atoms with E-state index >= 15 is 0 Å². The van der Waals surface area contributed by atoms with Crippen LogP contribution < -0.4 is 5.32 Å². The zero-order valence-electron chi connectivity index (χ0n) is 16.1. The van der Waals surface area contributed by atoms with Crippen molar-refractivity contribution < 1.29 is 13.2 Å². The molecule has 1 aliphatic rings. The molecule has 3 aromatic rings. The molecule has 2 aromatic heterocycles. The van der Waals surface area contributed by atoms with Gasteiger partial charge in [-0.05, 0) is 43.2 Å². The number of benzene rings is 1. The Morgan fingerprint density at radius 3 is 2.59 bits per heavy atom. The lowest BCUT2D eigenvalue weighted by Crippen LogP contribution is -2.32. The van der Waals surface area contributed by atoms with Crippen LogP contribution in [0.3, 0.4) is 0 Å². The predicted molar refractivity (Wildman–Crippen MR) is 110 cm³/mol. The van der Waals surface area contributed by atoms with E-state index in [0.29, 0.717) is 18.7 Å². The summed E-state index contributed by atoms with van der Waals surface area (Å²) >= 11 is 0. The highest BCUT2D eigenvalue weighted by molar-refractivity contribution is 7.89. The van der Waals surface area contributed by atoms with Crippen LogP contribution in [0.25, 0.3) is 5.65 Å². The molecule has 1 saturated heterocycles. The molecule has 0 unspecified atom stereocenters. The minimum Gasteiger partial charge on any atom is -0.346 e. The third kappa shape index (κ3) is 4.33. The molecule has 1 N–H and O–H groups in total. The van der Waals surface area contributed by atoms with Gasteiger partial charge in [0.15, 0.2) is 0 Å². The summed E-state index contributed by atoms with van der Waals surface area (Å²) in [5, 5.41) is 2.82. The number of carbonyl (C=O) groups is 1. The van der Waals surface area contributed by atoms with Crippen LogP contribution in [0.1, 0.15) is 41.7 Å². The maximum atomic E-state index is 13.0. The second-order valence-corrected chi connectivity index (χ2v) is 9.17. The molecule has 0 atom stereocenters.